The molecule has 13 heavy (non-hydrogen) atoms. The van der Waals surface area contributed by atoms with Crippen molar-refractivity contribution in [2.75, 3.05) is 18.2 Å². The van der Waals surface area contributed by atoms with Gasteiger partial charge in [-0.1, -0.05) is 24.1 Å². The van der Waals surface area contributed by atoms with Crippen LogP contribution in [0.2, 0.25) is 0 Å². The highest BCUT2D eigenvalue weighted by atomic mass is 32.2. The minimum Gasteiger partial charge on any atom is -0.324 e. The summed E-state index contributed by atoms with van der Waals surface area (Å²) in [5, 5.41) is 0. The molecule has 0 unspecified atom stereocenters. The molecule has 0 saturated carbocycles. The molecule has 0 aliphatic carbocycles. The highest BCUT2D eigenvalue weighted by Gasteiger charge is 1.93. The van der Waals surface area contributed by atoms with Crippen LogP contribution in [-0.2, 0) is 6.42 Å². The topological polar surface area (TPSA) is 50.1 Å². The molecule has 1 aromatic carbocycles. The van der Waals surface area contributed by atoms with Gasteiger partial charge in [-0.3, -0.25) is 10.6 Å². The Morgan fingerprint density at radius 1 is 1.31 bits per heavy atom. The predicted molar refractivity (Wildman–Crippen MR) is 59.5 cm³/mol. The summed E-state index contributed by atoms with van der Waals surface area (Å²) in [4.78, 5) is 0. The Bertz CT molecular complexity index is 235. The number of anilines is 1. The summed E-state index contributed by atoms with van der Waals surface area (Å²) in [7, 11) is 1.94. The molecule has 0 aromatic heterocycles. The van der Waals surface area contributed by atoms with Crippen molar-refractivity contribution >= 4 is 17.6 Å². The van der Waals surface area contributed by atoms with E-state index in [1.165, 1.54) is 5.56 Å². The quantitative estimate of drug-likeness (QED) is 0.289. The molecular weight excluding hydrogens is 182 g/mol. The second-order valence-electron chi connectivity index (χ2n) is 2.64. The molecule has 4 N–H and O–H groups in total. The fourth-order valence-electron chi connectivity index (χ4n) is 1.04. The summed E-state index contributed by atoms with van der Waals surface area (Å²) in [5.74, 6) is 6.35. The molecule has 4 heteroatoms. The first kappa shape index (κ1) is 10.4. The number of hydrazine groups is 1. The molecule has 0 heterocycles. The molecular formula is C9H15N3S. The molecule has 0 bridgehead atoms. The fraction of sp³-hybridized carbons (Fsp3) is 0.333. The number of hydrogen-bond acceptors (Lipinski definition) is 4. The van der Waals surface area contributed by atoms with E-state index in [2.05, 4.69) is 22.3 Å². The number of nitrogens with one attached hydrogen (secondary N) is 2. The van der Waals surface area contributed by atoms with Crippen LogP contribution in [0.1, 0.15) is 5.56 Å². The molecule has 0 aliphatic rings. The van der Waals surface area contributed by atoms with Crippen LogP contribution in [0, 0.1) is 0 Å². The van der Waals surface area contributed by atoms with Gasteiger partial charge in [0.25, 0.3) is 0 Å². The Kier molecular flexibility index (Phi) is 4.67. The molecule has 72 valence electrons. The van der Waals surface area contributed by atoms with Gasteiger partial charge in [-0.2, -0.15) is 0 Å². The summed E-state index contributed by atoms with van der Waals surface area (Å²) >= 11 is 1.72. The van der Waals surface area contributed by atoms with Crippen LogP contribution in [0.5, 0.6) is 0 Å². The Balaban J connectivity index is 2.40. The first-order valence-corrected chi connectivity index (χ1v) is 5.19. The number of aryl methyl sites for hydroxylation is 1. The molecule has 0 spiro atoms. The zero-order valence-electron chi connectivity index (χ0n) is 7.71. The zero-order chi connectivity index (χ0) is 9.52. The van der Waals surface area contributed by atoms with Crippen LogP contribution >= 0.6 is 11.9 Å². The Morgan fingerprint density at radius 2 is 2.00 bits per heavy atom. The van der Waals surface area contributed by atoms with Crippen molar-refractivity contribution in [2.45, 2.75) is 6.42 Å². The van der Waals surface area contributed by atoms with Gasteiger partial charge in [-0.25, -0.2) is 0 Å². The first-order chi connectivity index (χ1) is 6.36. The van der Waals surface area contributed by atoms with Gasteiger partial charge in [0.15, 0.2) is 0 Å². The van der Waals surface area contributed by atoms with Crippen molar-refractivity contribution in [3.63, 3.8) is 0 Å². The smallest absolute Gasteiger partial charge is 0.0485 e. The summed E-state index contributed by atoms with van der Waals surface area (Å²) in [5.41, 5.74) is 4.89. The van der Waals surface area contributed by atoms with Crippen molar-refractivity contribution < 1.29 is 0 Å². The van der Waals surface area contributed by atoms with Gasteiger partial charge < -0.3 is 5.43 Å². The average Bonchev–Trinajstić information content (AvgIpc) is 2.19. The maximum atomic E-state index is 5.26. The highest BCUT2D eigenvalue weighted by molar-refractivity contribution is 7.97. The van der Waals surface area contributed by atoms with E-state index in [-0.39, 0.29) is 0 Å². The van der Waals surface area contributed by atoms with E-state index in [1.807, 2.05) is 19.2 Å². The number of rotatable bonds is 5. The predicted octanol–water partition coefficient (Wildman–Crippen LogP) is 1.38. The van der Waals surface area contributed by atoms with Crippen molar-refractivity contribution in [3.05, 3.63) is 29.8 Å². The number of benzene rings is 1. The van der Waals surface area contributed by atoms with Gasteiger partial charge in [0.1, 0.15) is 0 Å². The third-order valence-electron chi connectivity index (χ3n) is 1.76. The van der Waals surface area contributed by atoms with Crippen LogP contribution in [0.3, 0.4) is 0 Å². The summed E-state index contributed by atoms with van der Waals surface area (Å²) < 4.78 is 3.04. The summed E-state index contributed by atoms with van der Waals surface area (Å²) in [6.07, 6.45) is 1.08. The van der Waals surface area contributed by atoms with Crippen LogP contribution < -0.4 is 16.0 Å². The molecule has 0 saturated heterocycles. The van der Waals surface area contributed by atoms with Crippen LogP contribution in [0.25, 0.3) is 0 Å². The second-order valence-corrected chi connectivity index (χ2v) is 3.75. The Morgan fingerprint density at radius 3 is 2.54 bits per heavy atom. The van der Waals surface area contributed by atoms with E-state index in [0.717, 1.165) is 17.9 Å². The van der Waals surface area contributed by atoms with Crippen molar-refractivity contribution in [1.82, 2.24) is 4.72 Å². The molecule has 0 aliphatic heterocycles. The molecule has 3 nitrogen and oxygen atoms in total. The Labute approximate surface area is 83.2 Å². The van der Waals surface area contributed by atoms with Gasteiger partial charge in [0.2, 0.25) is 0 Å². The van der Waals surface area contributed by atoms with E-state index in [4.69, 9.17) is 5.84 Å². The maximum Gasteiger partial charge on any atom is 0.0485 e. The lowest BCUT2D eigenvalue weighted by atomic mass is 10.1. The third-order valence-corrected chi connectivity index (χ3v) is 2.45. The SMILES string of the molecule is CNSCCc1ccc(NN)cc1. The first-order valence-electron chi connectivity index (χ1n) is 4.21. The highest BCUT2D eigenvalue weighted by Crippen LogP contribution is 2.09. The van der Waals surface area contributed by atoms with Crippen LogP contribution in [-0.4, -0.2) is 12.8 Å². The lowest BCUT2D eigenvalue weighted by molar-refractivity contribution is 1.14. The van der Waals surface area contributed by atoms with Gasteiger partial charge in [-0.05, 0) is 31.2 Å². The lowest BCUT2D eigenvalue weighted by Crippen LogP contribution is -2.06. The normalized spacial score (nSPS) is 10.0. The van der Waals surface area contributed by atoms with E-state index in [1.54, 1.807) is 11.9 Å². The van der Waals surface area contributed by atoms with E-state index < -0.39 is 0 Å². The summed E-state index contributed by atoms with van der Waals surface area (Å²) in [6, 6.07) is 8.15. The minimum absolute atomic E-state index is 0.949. The maximum absolute atomic E-state index is 5.26. The third kappa shape index (κ3) is 3.67. The fourth-order valence-corrected chi connectivity index (χ4v) is 1.58. The second kappa shape index (κ2) is 5.85. The van der Waals surface area contributed by atoms with Gasteiger partial charge >= 0.3 is 0 Å². The van der Waals surface area contributed by atoms with Crippen LogP contribution in [0.4, 0.5) is 5.69 Å². The largest absolute Gasteiger partial charge is 0.324 e. The van der Waals surface area contributed by atoms with E-state index in [9.17, 15) is 0 Å². The lowest BCUT2D eigenvalue weighted by Gasteiger charge is -2.02. The molecule has 1 rings (SSSR count). The van der Waals surface area contributed by atoms with E-state index in [0.29, 0.717) is 0 Å². The van der Waals surface area contributed by atoms with Gasteiger partial charge in [0.05, 0.1) is 0 Å². The molecule has 0 amide bonds. The van der Waals surface area contributed by atoms with Gasteiger partial charge in [0, 0.05) is 11.4 Å². The van der Waals surface area contributed by atoms with Crippen LogP contribution in [0.15, 0.2) is 24.3 Å². The number of hydrogen-bond donors (Lipinski definition) is 3. The van der Waals surface area contributed by atoms with Crippen molar-refractivity contribution in [2.24, 2.45) is 5.84 Å². The average molecular weight is 197 g/mol. The molecule has 0 radical (unpaired) electrons. The minimum atomic E-state index is 0.949. The standard InChI is InChI=1S/C9H15N3S/c1-11-13-7-6-8-2-4-9(12-10)5-3-8/h2-5,11-12H,6-7,10H2,1H3. The van der Waals surface area contributed by atoms with E-state index >= 15 is 0 Å². The zero-order valence-corrected chi connectivity index (χ0v) is 8.53. The monoisotopic (exact) mass is 197 g/mol. The molecule has 0 atom stereocenters. The molecule has 1 aromatic rings. The Hall–Kier alpha value is -0.710. The van der Waals surface area contributed by atoms with Crippen molar-refractivity contribution in [1.29, 1.82) is 0 Å². The molecule has 0 fully saturated rings. The number of nitrogens with two attached hydrogens (primary N) is 1. The van der Waals surface area contributed by atoms with Gasteiger partial charge in [-0.15, -0.1) is 0 Å². The number of nitrogen functional groups attached to an aromatic ring is 1. The van der Waals surface area contributed by atoms with Crippen molar-refractivity contribution in [3.8, 4) is 0 Å². The summed E-state index contributed by atoms with van der Waals surface area (Å²) in [6.45, 7) is 0.